The van der Waals surface area contributed by atoms with Crippen molar-refractivity contribution in [3.05, 3.63) is 10.5 Å². The standard InChI is InChI=1S/C8H9N5OS/c1-12(2)6-10-7(14)13-5(3-9)4-15-8(13)11-6/h5H,4H2,1-2H3/t5-/m1/s1. The van der Waals surface area contributed by atoms with Gasteiger partial charge in [0.05, 0.1) is 6.07 Å². The third-order valence-electron chi connectivity index (χ3n) is 2.03. The number of hydrogen-bond donors (Lipinski definition) is 0. The average molecular weight is 223 g/mol. The van der Waals surface area contributed by atoms with Crippen LogP contribution in [0, 0.1) is 11.3 Å². The molecule has 1 aromatic heterocycles. The molecule has 2 rings (SSSR count). The Hall–Kier alpha value is -1.55. The monoisotopic (exact) mass is 223 g/mol. The number of anilines is 1. The van der Waals surface area contributed by atoms with Crippen LogP contribution < -0.4 is 10.6 Å². The van der Waals surface area contributed by atoms with Crippen molar-refractivity contribution in [2.45, 2.75) is 11.2 Å². The summed E-state index contributed by atoms with van der Waals surface area (Å²) in [4.78, 5) is 21.3. The molecule has 1 aliphatic heterocycles. The second-order valence-corrected chi connectivity index (χ2v) is 4.30. The number of aromatic nitrogens is 3. The second-order valence-electron chi connectivity index (χ2n) is 3.31. The third kappa shape index (κ3) is 1.57. The molecule has 0 amide bonds. The van der Waals surface area contributed by atoms with Crippen LogP contribution in [0.2, 0.25) is 0 Å². The van der Waals surface area contributed by atoms with E-state index < -0.39 is 11.7 Å². The minimum absolute atomic E-state index is 0.386. The zero-order chi connectivity index (χ0) is 11.0. The Morgan fingerprint density at radius 1 is 1.60 bits per heavy atom. The van der Waals surface area contributed by atoms with Gasteiger partial charge in [-0.25, -0.2) is 4.79 Å². The molecular formula is C8H9N5OS. The van der Waals surface area contributed by atoms with Crippen LogP contribution in [0.1, 0.15) is 6.04 Å². The summed E-state index contributed by atoms with van der Waals surface area (Å²) in [5.41, 5.74) is -0.403. The zero-order valence-corrected chi connectivity index (χ0v) is 9.15. The Morgan fingerprint density at radius 2 is 2.33 bits per heavy atom. The molecule has 0 spiro atoms. The Kier molecular flexibility index (Phi) is 2.36. The fourth-order valence-corrected chi connectivity index (χ4v) is 2.30. The van der Waals surface area contributed by atoms with E-state index in [2.05, 4.69) is 16.0 Å². The van der Waals surface area contributed by atoms with Gasteiger partial charge in [-0.15, -0.1) is 0 Å². The molecule has 0 saturated carbocycles. The summed E-state index contributed by atoms with van der Waals surface area (Å²) in [5.74, 6) is 0.953. The highest BCUT2D eigenvalue weighted by Crippen LogP contribution is 2.29. The molecule has 0 aromatic carbocycles. The summed E-state index contributed by atoms with van der Waals surface area (Å²) in [6.45, 7) is 0. The van der Waals surface area contributed by atoms with E-state index in [1.54, 1.807) is 19.0 Å². The summed E-state index contributed by atoms with van der Waals surface area (Å²) in [6.07, 6.45) is 0. The summed E-state index contributed by atoms with van der Waals surface area (Å²) >= 11 is 1.41. The van der Waals surface area contributed by atoms with Crippen molar-refractivity contribution >= 4 is 17.7 Å². The maximum absolute atomic E-state index is 11.6. The summed E-state index contributed by atoms with van der Waals surface area (Å²) in [7, 11) is 3.54. The lowest BCUT2D eigenvalue weighted by Gasteiger charge is -2.11. The molecule has 15 heavy (non-hydrogen) atoms. The topological polar surface area (TPSA) is 74.8 Å². The normalized spacial score (nSPS) is 18.3. The Morgan fingerprint density at radius 3 is 2.93 bits per heavy atom. The quantitative estimate of drug-likeness (QED) is 0.660. The Balaban J connectivity index is 2.57. The van der Waals surface area contributed by atoms with E-state index in [-0.39, 0.29) is 0 Å². The number of hydrogen-bond acceptors (Lipinski definition) is 6. The smallest absolute Gasteiger partial charge is 0.347 e. The van der Waals surface area contributed by atoms with Gasteiger partial charge in [-0.05, 0) is 0 Å². The van der Waals surface area contributed by atoms with Crippen molar-refractivity contribution in [3.63, 3.8) is 0 Å². The largest absolute Gasteiger partial charge is 0.354 e. The van der Waals surface area contributed by atoms with Crippen LogP contribution in [0.15, 0.2) is 9.95 Å². The second kappa shape index (κ2) is 3.55. The predicted molar refractivity (Wildman–Crippen MR) is 56.0 cm³/mol. The predicted octanol–water partition coefficient (Wildman–Crippen LogP) is -0.125. The SMILES string of the molecule is CN(C)c1nc2n(c(=O)n1)[C@H](C#N)CS2. The fourth-order valence-electron chi connectivity index (χ4n) is 1.28. The van der Waals surface area contributed by atoms with Crippen LogP contribution in [-0.2, 0) is 0 Å². The molecule has 0 N–H and O–H groups in total. The van der Waals surface area contributed by atoms with Gasteiger partial charge in [0, 0.05) is 19.8 Å². The fraction of sp³-hybridized carbons (Fsp3) is 0.500. The van der Waals surface area contributed by atoms with Gasteiger partial charge in [0.15, 0.2) is 5.16 Å². The van der Waals surface area contributed by atoms with Crippen molar-refractivity contribution in [1.29, 1.82) is 5.26 Å². The van der Waals surface area contributed by atoms with Gasteiger partial charge in [-0.1, -0.05) is 11.8 Å². The molecule has 78 valence electrons. The van der Waals surface area contributed by atoms with Gasteiger partial charge in [-0.3, -0.25) is 4.57 Å². The molecular weight excluding hydrogens is 214 g/mol. The van der Waals surface area contributed by atoms with Crippen molar-refractivity contribution in [3.8, 4) is 6.07 Å². The molecule has 7 heteroatoms. The van der Waals surface area contributed by atoms with Crippen molar-refractivity contribution in [2.24, 2.45) is 0 Å². The van der Waals surface area contributed by atoms with Crippen LogP contribution >= 0.6 is 11.8 Å². The van der Waals surface area contributed by atoms with E-state index in [9.17, 15) is 4.79 Å². The zero-order valence-electron chi connectivity index (χ0n) is 8.34. The number of fused-ring (bicyclic) bond motifs is 1. The minimum atomic E-state index is -0.436. The maximum Gasteiger partial charge on any atom is 0.354 e. The lowest BCUT2D eigenvalue weighted by atomic mass is 10.4. The van der Waals surface area contributed by atoms with Crippen molar-refractivity contribution < 1.29 is 0 Å². The van der Waals surface area contributed by atoms with Crippen LogP contribution in [-0.4, -0.2) is 34.4 Å². The van der Waals surface area contributed by atoms with Crippen LogP contribution in [0.5, 0.6) is 0 Å². The lowest BCUT2D eigenvalue weighted by molar-refractivity contribution is 0.571. The molecule has 2 heterocycles. The van der Waals surface area contributed by atoms with Gasteiger partial charge >= 0.3 is 5.69 Å². The molecule has 1 aliphatic rings. The van der Waals surface area contributed by atoms with Gasteiger partial charge < -0.3 is 4.90 Å². The minimum Gasteiger partial charge on any atom is -0.347 e. The van der Waals surface area contributed by atoms with Gasteiger partial charge in [-0.2, -0.15) is 15.2 Å². The first-order chi connectivity index (χ1) is 7.13. The highest BCUT2D eigenvalue weighted by molar-refractivity contribution is 7.99. The van der Waals surface area contributed by atoms with E-state index >= 15 is 0 Å². The van der Waals surface area contributed by atoms with E-state index in [4.69, 9.17) is 5.26 Å². The first-order valence-electron chi connectivity index (χ1n) is 4.34. The summed E-state index contributed by atoms with van der Waals surface area (Å²) in [6, 6.07) is 1.62. The molecule has 0 fully saturated rings. The first-order valence-corrected chi connectivity index (χ1v) is 5.32. The van der Waals surface area contributed by atoms with Crippen LogP contribution in [0.4, 0.5) is 5.95 Å². The number of nitriles is 1. The highest BCUT2D eigenvalue weighted by atomic mass is 32.2. The summed E-state index contributed by atoms with van der Waals surface area (Å²) in [5, 5.41) is 9.40. The van der Waals surface area contributed by atoms with Gasteiger partial charge in [0.25, 0.3) is 0 Å². The third-order valence-corrected chi connectivity index (χ3v) is 3.06. The molecule has 0 saturated heterocycles. The van der Waals surface area contributed by atoms with E-state index in [0.717, 1.165) is 0 Å². The van der Waals surface area contributed by atoms with Crippen LogP contribution in [0.3, 0.4) is 0 Å². The Labute approximate surface area is 90.6 Å². The highest BCUT2D eigenvalue weighted by Gasteiger charge is 2.26. The first kappa shape index (κ1) is 9.98. The average Bonchev–Trinajstić information content (AvgIpc) is 2.60. The van der Waals surface area contributed by atoms with Crippen LogP contribution in [0.25, 0.3) is 0 Å². The van der Waals surface area contributed by atoms with E-state index in [1.807, 2.05) is 0 Å². The number of thioether (sulfide) groups is 1. The maximum atomic E-state index is 11.6. The van der Waals surface area contributed by atoms with Gasteiger partial charge in [0.2, 0.25) is 5.95 Å². The molecule has 6 nitrogen and oxygen atoms in total. The summed E-state index contributed by atoms with van der Waals surface area (Å²) < 4.78 is 1.34. The van der Waals surface area contributed by atoms with Crippen molar-refractivity contribution in [2.75, 3.05) is 24.7 Å². The molecule has 0 bridgehead atoms. The van der Waals surface area contributed by atoms with E-state index in [0.29, 0.717) is 16.9 Å². The molecule has 1 atom stereocenters. The Bertz CT molecular complexity index is 489. The number of nitrogens with zero attached hydrogens (tertiary/aromatic N) is 5. The number of rotatable bonds is 1. The van der Waals surface area contributed by atoms with E-state index in [1.165, 1.54) is 16.3 Å². The molecule has 0 unspecified atom stereocenters. The molecule has 0 aliphatic carbocycles. The molecule has 0 radical (unpaired) electrons. The van der Waals surface area contributed by atoms with Gasteiger partial charge in [0.1, 0.15) is 6.04 Å². The van der Waals surface area contributed by atoms with Crippen molar-refractivity contribution in [1.82, 2.24) is 14.5 Å². The molecule has 1 aromatic rings. The lowest BCUT2D eigenvalue weighted by Crippen LogP contribution is -2.29.